The zero-order valence-corrected chi connectivity index (χ0v) is 9.58. The molecule has 0 unspecified atom stereocenters. The Morgan fingerprint density at radius 1 is 1.38 bits per heavy atom. The molecule has 0 atom stereocenters. The molecule has 0 aromatic rings. The second kappa shape index (κ2) is 5.89. The van der Waals surface area contributed by atoms with Gasteiger partial charge in [0.05, 0.1) is 6.61 Å². The normalized spacial score (nSPS) is 18.9. The summed E-state index contributed by atoms with van der Waals surface area (Å²) >= 11 is 2.00. The Labute approximate surface area is 85.8 Å². The molecule has 1 aliphatic rings. The van der Waals surface area contributed by atoms with Crippen LogP contribution in [-0.4, -0.2) is 37.3 Å². The molecule has 1 aliphatic carbocycles. The van der Waals surface area contributed by atoms with Crippen molar-refractivity contribution in [2.45, 2.75) is 30.9 Å². The van der Waals surface area contributed by atoms with E-state index in [2.05, 4.69) is 18.5 Å². The summed E-state index contributed by atoms with van der Waals surface area (Å²) in [5, 5.41) is 3.45. The van der Waals surface area contributed by atoms with Gasteiger partial charge in [-0.3, -0.25) is 0 Å². The van der Waals surface area contributed by atoms with Gasteiger partial charge in [-0.2, -0.15) is 11.8 Å². The highest BCUT2D eigenvalue weighted by Crippen LogP contribution is 2.46. The van der Waals surface area contributed by atoms with Gasteiger partial charge in [0, 0.05) is 24.4 Å². The van der Waals surface area contributed by atoms with Gasteiger partial charge in [-0.25, -0.2) is 0 Å². The van der Waals surface area contributed by atoms with E-state index >= 15 is 0 Å². The lowest BCUT2D eigenvalue weighted by atomic mass is 10.4. The molecule has 0 aromatic carbocycles. The van der Waals surface area contributed by atoms with E-state index in [4.69, 9.17) is 4.74 Å². The van der Waals surface area contributed by atoms with Crippen LogP contribution >= 0.6 is 11.8 Å². The SMILES string of the molecule is CCCOCCNCC1(SC)CC1. The molecule has 13 heavy (non-hydrogen) atoms. The molecule has 0 bridgehead atoms. The van der Waals surface area contributed by atoms with Crippen molar-refractivity contribution in [2.24, 2.45) is 0 Å². The average molecular weight is 203 g/mol. The van der Waals surface area contributed by atoms with E-state index in [1.54, 1.807) is 0 Å². The minimum absolute atomic E-state index is 0.588. The Kier molecular flexibility index (Phi) is 5.14. The van der Waals surface area contributed by atoms with Crippen LogP contribution in [-0.2, 0) is 4.74 Å². The Morgan fingerprint density at radius 2 is 2.15 bits per heavy atom. The highest BCUT2D eigenvalue weighted by molar-refractivity contribution is 8.00. The highest BCUT2D eigenvalue weighted by Gasteiger charge is 2.41. The maximum Gasteiger partial charge on any atom is 0.0590 e. The molecule has 0 aliphatic heterocycles. The van der Waals surface area contributed by atoms with Crippen molar-refractivity contribution in [3.8, 4) is 0 Å². The summed E-state index contributed by atoms with van der Waals surface area (Å²) in [5.74, 6) is 0. The maximum atomic E-state index is 5.38. The molecule has 1 fully saturated rings. The number of thioether (sulfide) groups is 1. The summed E-state index contributed by atoms with van der Waals surface area (Å²) in [6, 6.07) is 0. The molecule has 2 nitrogen and oxygen atoms in total. The van der Waals surface area contributed by atoms with E-state index in [1.807, 2.05) is 11.8 Å². The molecule has 0 radical (unpaired) electrons. The molecular weight excluding hydrogens is 182 g/mol. The predicted molar refractivity (Wildman–Crippen MR) is 59.5 cm³/mol. The molecule has 1 saturated carbocycles. The van der Waals surface area contributed by atoms with Crippen LogP contribution in [0.5, 0.6) is 0 Å². The fourth-order valence-electron chi connectivity index (χ4n) is 1.30. The summed E-state index contributed by atoms with van der Waals surface area (Å²) in [5.41, 5.74) is 0. The molecule has 1 rings (SSSR count). The van der Waals surface area contributed by atoms with E-state index in [9.17, 15) is 0 Å². The van der Waals surface area contributed by atoms with E-state index in [-0.39, 0.29) is 0 Å². The highest BCUT2D eigenvalue weighted by atomic mass is 32.2. The zero-order valence-electron chi connectivity index (χ0n) is 8.77. The zero-order chi connectivity index (χ0) is 9.57. The molecule has 0 saturated heterocycles. The van der Waals surface area contributed by atoms with E-state index in [0.29, 0.717) is 4.75 Å². The van der Waals surface area contributed by atoms with Gasteiger partial charge in [0.1, 0.15) is 0 Å². The number of nitrogens with one attached hydrogen (secondary N) is 1. The third kappa shape index (κ3) is 4.34. The summed E-state index contributed by atoms with van der Waals surface area (Å²) in [7, 11) is 0. The van der Waals surface area contributed by atoms with E-state index < -0.39 is 0 Å². The van der Waals surface area contributed by atoms with Crippen LogP contribution in [0.2, 0.25) is 0 Å². The van der Waals surface area contributed by atoms with Crippen LogP contribution in [0.1, 0.15) is 26.2 Å². The van der Waals surface area contributed by atoms with Crippen LogP contribution in [0, 0.1) is 0 Å². The third-order valence-electron chi connectivity index (χ3n) is 2.46. The second-order valence-corrected chi connectivity index (χ2v) is 4.95. The smallest absolute Gasteiger partial charge is 0.0590 e. The fourth-order valence-corrected chi connectivity index (χ4v) is 2.06. The van der Waals surface area contributed by atoms with Gasteiger partial charge in [0.25, 0.3) is 0 Å². The topological polar surface area (TPSA) is 21.3 Å². The Hall–Kier alpha value is 0.270. The van der Waals surface area contributed by atoms with Crippen molar-refractivity contribution in [2.75, 3.05) is 32.6 Å². The lowest BCUT2D eigenvalue weighted by molar-refractivity contribution is 0.136. The minimum Gasteiger partial charge on any atom is -0.380 e. The first-order valence-electron chi connectivity index (χ1n) is 5.16. The van der Waals surface area contributed by atoms with Gasteiger partial charge in [-0.05, 0) is 25.5 Å². The molecule has 1 N–H and O–H groups in total. The molecule has 3 heteroatoms. The molecule has 0 aromatic heterocycles. The van der Waals surface area contributed by atoms with Crippen LogP contribution in [0.3, 0.4) is 0 Å². The van der Waals surface area contributed by atoms with Gasteiger partial charge in [0.2, 0.25) is 0 Å². The van der Waals surface area contributed by atoms with E-state index in [0.717, 1.165) is 32.7 Å². The molecule has 0 heterocycles. The Balaban J connectivity index is 1.84. The van der Waals surface area contributed by atoms with Crippen LogP contribution < -0.4 is 5.32 Å². The van der Waals surface area contributed by atoms with Crippen molar-refractivity contribution in [1.29, 1.82) is 0 Å². The van der Waals surface area contributed by atoms with Crippen LogP contribution in [0.15, 0.2) is 0 Å². The summed E-state index contributed by atoms with van der Waals surface area (Å²) in [6.07, 6.45) is 6.10. The van der Waals surface area contributed by atoms with Crippen molar-refractivity contribution in [3.63, 3.8) is 0 Å². The van der Waals surface area contributed by atoms with Crippen LogP contribution in [0.4, 0.5) is 0 Å². The van der Waals surface area contributed by atoms with Gasteiger partial charge >= 0.3 is 0 Å². The number of hydrogen-bond donors (Lipinski definition) is 1. The van der Waals surface area contributed by atoms with Gasteiger partial charge in [0.15, 0.2) is 0 Å². The van der Waals surface area contributed by atoms with Crippen molar-refractivity contribution >= 4 is 11.8 Å². The first kappa shape index (κ1) is 11.3. The fraction of sp³-hybridized carbons (Fsp3) is 1.00. The number of ether oxygens (including phenoxy) is 1. The second-order valence-electron chi connectivity index (χ2n) is 3.68. The quantitative estimate of drug-likeness (QED) is 0.609. The first-order valence-corrected chi connectivity index (χ1v) is 6.39. The van der Waals surface area contributed by atoms with Crippen LogP contribution in [0.25, 0.3) is 0 Å². The molecule has 0 spiro atoms. The largest absolute Gasteiger partial charge is 0.380 e. The predicted octanol–water partition coefficient (Wildman–Crippen LogP) is 1.90. The number of hydrogen-bond acceptors (Lipinski definition) is 3. The summed E-state index contributed by atoms with van der Waals surface area (Å²) in [6.45, 7) is 6.06. The summed E-state index contributed by atoms with van der Waals surface area (Å²) in [4.78, 5) is 0. The maximum absolute atomic E-state index is 5.38. The lowest BCUT2D eigenvalue weighted by Gasteiger charge is -2.12. The van der Waals surface area contributed by atoms with Gasteiger partial charge < -0.3 is 10.1 Å². The standard InChI is InChI=1S/C10H21NOS/c1-3-7-12-8-6-11-9-10(13-2)4-5-10/h11H,3-9H2,1-2H3. The Morgan fingerprint density at radius 3 is 2.69 bits per heavy atom. The Bertz CT molecular complexity index is 137. The van der Waals surface area contributed by atoms with Crippen molar-refractivity contribution < 1.29 is 4.74 Å². The molecule has 0 amide bonds. The summed E-state index contributed by atoms with van der Waals surface area (Å²) < 4.78 is 5.97. The average Bonchev–Trinajstić information content (AvgIpc) is 2.92. The lowest BCUT2D eigenvalue weighted by Crippen LogP contribution is -2.28. The monoisotopic (exact) mass is 203 g/mol. The van der Waals surface area contributed by atoms with Gasteiger partial charge in [-0.1, -0.05) is 6.92 Å². The molecule has 78 valence electrons. The minimum atomic E-state index is 0.588. The molecular formula is C10H21NOS. The number of rotatable bonds is 8. The van der Waals surface area contributed by atoms with Crippen molar-refractivity contribution in [3.05, 3.63) is 0 Å². The van der Waals surface area contributed by atoms with Crippen molar-refractivity contribution in [1.82, 2.24) is 5.32 Å². The third-order valence-corrected chi connectivity index (χ3v) is 3.88. The van der Waals surface area contributed by atoms with Gasteiger partial charge in [-0.15, -0.1) is 0 Å². The van der Waals surface area contributed by atoms with E-state index in [1.165, 1.54) is 12.8 Å². The first-order chi connectivity index (χ1) is 6.33.